The minimum absolute atomic E-state index is 0.0590. The number of carbonyl (C=O) groups is 1. The van der Waals surface area contributed by atoms with Gasteiger partial charge in [-0.05, 0) is 55.0 Å². The summed E-state index contributed by atoms with van der Waals surface area (Å²) in [5.41, 5.74) is 2.53. The fraction of sp³-hybridized carbons (Fsp3) is 0.0833. The molecule has 3 aromatic carbocycles. The number of Topliss-reactive ketones (excluding diaryl/α,β-unsaturated/α-hetero) is 1. The monoisotopic (exact) mass is 454 g/mol. The number of rotatable bonds is 4. The van der Waals surface area contributed by atoms with Crippen LogP contribution in [0.2, 0.25) is 5.02 Å². The number of benzene rings is 3. The summed E-state index contributed by atoms with van der Waals surface area (Å²) in [5.74, 6) is -1.19. The van der Waals surface area contributed by atoms with Gasteiger partial charge in [0.25, 0.3) is 0 Å². The highest BCUT2D eigenvalue weighted by Gasteiger charge is 2.35. The second-order valence-electron chi connectivity index (χ2n) is 7.07. The number of ketones is 1. The third kappa shape index (κ3) is 4.09. The SMILES string of the molecule is CC1=C(C(=O)c2ccccc2)[C@H](c2cccc(F)c2)NC(=S)N1c1ccc(F)c(Cl)c1. The van der Waals surface area contributed by atoms with Crippen molar-refractivity contribution >= 4 is 40.4 Å². The van der Waals surface area contributed by atoms with Crippen molar-refractivity contribution in [1.82, 2.24) is 5.32 Å². The van der Waals surface area contributed by atoms with Gasteiger partial charge >= 0.3 is 0 Å². The normalized spacial score (nSPS) is 16.3. The highest BCUT2D eigenvalue weighted by Crippen LogP contribution is 2.36. The fourth-order valence-electron chi connectivity index (χ4n) is 3.65. The Hall–Kier alpha value is -3.09. The van der Waals surface area contributed by atoms with Crippen LogP contribution >= 0.6 is 23.8 Å². The van der Waals surface area contributed by atoms with Crippen molar-refractivity contribution in [1.29, 1.82) is 0 Å². The number of hydrogen-bond donors (Lipinski definition) is 1. The third-order valence-electron chi connectivity index (χ3n) is 5.11. The predicted molar refractivity (Wildman–Crippen MR) is 122 cm³/mol. The molecule has 0 saturated carbocycles. The Kier molecular flexibility index (Phi) is 5.85. The standard InChI is InChI=1S/C24H17ClF2N2OS/c1-14-21(23(30)15-6-3-2-4-7-15)22(16-8-5-9-17(26)12-16)28-24(31)29(14)18-10-11-20(27)19(25)13-18/h2-13,22H,1H3,(H,28,31)/t22-/m0/s1. The molecule has 0 aliphatic carbocycles. The van der Waals surface area contributed by atoms with Crippen molar-refractivity contribution in [2.24, 2.45) is 0 Å². The largest absolute Gasteiger partial charge is 0.351 e. The zero-order valence-electron chi connectivity index (χ0n) is 16.4. The van der Waals surface area contributed by atoms with E-state index in [-0.39, 0.29) is 10.8 Å². The van der Waals surface area contributed by atoms with Crippen molar-refractivity contribution < 1.29 is 13.6 Å². The molecule has 0 unspecified atom stereocenters. The van der Waals surface area contributed by atoms with E-state index in [0.717, 1.165) is 0 Å². The predicted octanol–water partition coefficient (Wildman–Crippen LogP) is 6.21. The molecule has 1 N–H and O–H groups in total. The van der Waals surface area contributed by atoms with Gasteiger partial charge in [-0.25, -0.2) is 8.78 Å². The van der Waals surface area contributed by atoms with Gasteiger partial charge in [0.05, 0.1) is 11.1 Å². The Morgan fingerprint density at radius 3 is 2.45 bits per heavy atom. The number of hydrogen-bond acceptors (Lipinski definition) is 2. The molecule has 0 radical (unpaired) electrons. The van der Waals surface area contributed by atoms with Crippen LogP contribution in [0.25, 0.3) is 0 Å². The Labute approximate surface area is 189 Å². The van der Waals surface area contributed by atoms with Crippen LogP contribution in [-0.4, -0.2) is 10.9 Å². The molecule has 0 amide bonds. The molecule has 4 rings (SSSR count). The number of thiocarbonyl (C=S) groups is 1. The summed E-state index contributed by atoms with van der Waals surface area (Å²) in [6.45, 7) is 1.76. The lowest BCUT2D eigenvalue weighted by atomic mass is 9.89. The minimum Gasteiger partial charge on any atom is -0.351 e. The van der Waals surface area contributed by atoms with E-state index in [1.54, 1.807) is 48.2 Å². The molecule has 0 spiro atoms. The van der Waals surface area contributed by atoms with Crippen molar-refractivity contribution in [3.8, 4) is 0 Å². The number of nitrogens with zero attached hydrogens (tertiary/aromatic N) is 1. The molecule has 7 heteroatoms. The highest BCUT2D eigenvalue weighted by molar-refractivity contribution is 7.80. The molecule has 3 aromatic rings. The summed E-state index contributed by atoms with van der Waals surface area (Å²) in [7, 11) is 0. The summed E-state index contributed by atoms with van der Waals surface area (Å²) in [5, 5.41) is 3.38. The summed E-state index contributed by atoms with van der Waals surface area (Å²) in [6, 6.07) is 18.4. The van der Waals surface area contributed by atoms with Gasteiger partial charge in [0, 0.05) is 22.5 Å². The number of allylic oxidation sites excluding steroid dienone is 1. The summed E-state index contributed by atoms with van der Waals surface area (Å²) < 4.78 is 27.7. The van der Waals surface area contributed by atoms with E-state index in [4.69, 9.17) is 23.8 Å². The molecule has 1 atom stereocenters. The zero-order chi connectivity index (χ0) is 22.1. The topological polar surface area (TPSA) is 32.3 Å². The maximum Gasteiger partial charge on any atom is 0.193 e. The average Bonchev–Trinajstić information content (AvgIpc) is 2.76. The second kappa shape index (κ2) is 8.57. The van der Waals surface area contributed by atoms with Crippen LogP contribution in [0.5, 0.6) is 0 Å². The number of carbonyl (C=O) groups excluding carboxylic acids is 1. The first-order valence-corrected chi connectivity index (χ1v) is 10.3. The molecule has 3 nitrogen and oxygen atoms in total. The van der Waals surface area contributed by atoms with Crippen LogP contribution in [0.3, 0.4) is 0 Å². The van der Waals surface area contributed by atoms with Gasteiger partial charge in [0.1, 0.15) is 11.6 Å². The van der Waals surface area contributed by atoms with Gasteiger partial charge in [-0.1, -0.05) is 54.1 Å². The lowest BCUT2D eigenvalue weighted by Crippen LogP contribution is -2.48. The van der Waals surface area contributed by atoms with E-state index in [0.29, 0.717) is 33.2 Å². The number of nitrogens with one attached hydrogen (secondary N) is 1. The van der Waals surface area contributed by atoms with Gasteiger partial charge in [-0.2, -0.15) is 0 Å². The zero-order valence-corrected chi connectivity index (χ0v) is 18.0. The van der Waals surface area contributed by atoms with Crippen molar-refractivity contribution in [2.75, 3.05) is 4.90 Å². The van der Waals surface area contributed by atoms with E-state index in [1.807, 2.05) is 6.07 Å². The first-order chi connectivity index (χ1) is 14.9. The van der Waals surface area contributed by atoms with Gasteiger partial charge < -0.3 is 5.32 Å². The minimum atomic E-state index is -0.650. The summed E-state index contributed by atoms with van der Waals surface area (Å²) in [6.07, 6.45) is 0. The smallest absolute Gasteiger partial charge is 0.193 e. The quantitative estimate of drug-likeness (QED) is 0.375. The average molecular weight is 455 g/mol. The summed E-state index contributed by atoms with van der Waals surface area (Å²) >= 11 is 11.5. The third-order valence-corrected chi connectivity index (χ3v) is 5.70. The molecule has 1 aliphatic heterocycles. The Morgan fingerprint density at radius 2 is 1.77 bits per heavy atom. The molecule has 0 aromatic heterocycles. The maximum atomic E-state index is 14.0. The van der Waals surface area contributed by atoms with E-state index in [9.17, 15) is 13.6 Å². The number of halogens is 3. The van der Waals surface area contributed by atoms with Gasteiger partial charge in [0.15, 0.2) is 10.9 Å². The van der Waals surface area contributed by atoms with Crippen LogP contribution in [0.15, 0.2) is 84.1 Å². The fourth-order valence-corrected chi connectivity index (χ4v) is 4.19. The highest BCUT2D eigenvalue weighted by atomic mass is 35.5. The number of anilines is 1. The molecule has 156 valence electrons. The second-order valence-corrected chi connectivity index (χ2v) is 7.86. The van der Waals surface area contributed by atoms with E-state index >= 15 is 0 Å². The lowest BCUT2D eigenvalue weighted by molar-refractivity contribution is 0.102. The first-order valence-electron chi connectivity index (χ1n) is 9.48. The molecular formula is C24H17ClF2N2OS. The molecular weight excluding hydrogens is 438 g/mol. The van der Waals surface area contributed by atoms with Crippen LogP contribution in [0.1, 0.15) is 28.9 Å². The van der Waals surface area contributed by atoms with Crippen LogP contribution in [-0.2, 0) is 0 Å². The van der Waals surface area contributed by atoms with E-state index in [2.05, 4.69) is 5.32 Å². The molecule has 0 bridgehead atoms. The van der Waals surface area contributed by atoms with Gasteiger partial charge in [-0.15, -0.1) is 0 Å². The first kappa shape index (κ1) is 21.2. The molecule has 0 fully saturated rings. The van der Waals surface area contributed by atoms with Crippen LogP contribution < -0.4 is 10.2 Å². The molecule has 1 aliphatic rings. The maximum absolute atomic E-state index is 14.0. The lowest BCUT2D eigenvalue weighted by Gasteiger charge is -2.38. The van der Waals surface area contributed by atoms with Gasteiger partial charge in [-0.3, -0.25) is 9.69 Å². The Balaban J connectivity index is 1.90. The van der Waals surface area contributed by atoms with Crippen molar-refractivity contribution in [3.05, 3.63) is 112 Å². The van der Waals surface area contributed by atoms with E-state index in [1.165, 1.54) is 30.3 Å². The van der Waals surface area contributed by atoms with Crippen LogP contribution in [0, 0.1) is 11.6 Å². The van der Waals surface area contributed by atoms with Crippen molar-refractivity contribution in [3.63, 3.8) is 0 Å². The molecule has 0 saturated heterocycles. The van der Waals surface area contributed by atoms with Gasteiger partial charge in [0.2, 0.25) is 0 Å². The molecule has 31 heavy (non-hydrogen) atoms. The van der Waals surface area contributed by atoms with Crippen molar-refractivity contribution in [2.45, 2.75) is 13.0 Å². The molecule has 1 heterocycles. The summed E-state index contributed by atoms with van der Waals surface area (Å²) in [4.78, 5) is 15.2. The Bertz CT molecular complexity index is 1210. The Morgan fingerprint density at radius 1 is 1.03 bits per heavy atom. The van der Waals surface area contributed by atoms with Crippen LogP contribution in [0.4, 0.5) is 14.5 Å². The van der Waals surface area contributed by atoms with E-state index < -0.39 is 17.7 Å².